The van der Waals surface area contributed by atoms with E-state index in [0.29, 0.717) is 13.0 Å². The Morgan fingerprint density at radius 1 is 1.14 bits per heavy atom. The summed E-state index contributed by atoms with van der Waals surface area (Å²) in [5, 5.41) is 6.09. The minimum atomic E-state index is -3.39. The van der Waals surface area contributed by atoms with E-state index in [1.807, 2.05) is 0 Å². The molecule has 0 bridgehead atoms. The van der Waals surface area contributed by atoms with E-state index >= 15 is 0 Å². The predicted molar refractivity (Wildman–Crippen MR) is 79.4 cm³/mol. The molecule has 1 aromatic carbocycles. The minimum Gasteiger partial charge on any atom is -0.383 e. The molecule has 1 saturated carbocycles. The molecule has 1 unspecified atom stereocenters. The first-order chi connectivity index (χ1) is 10.0. The number of sulfonamides is 1. The number of nitrogens with one attached hydrogen (secondary N) is 3. The molecule has 1 saturated heterocycles. The van der Waals surface area contributed by atoms with Gasteiger partial charge < -0.3 is 10.6 Å². The van der Waals surface area contributed by atoms with E-state index in [9.17, 15) is 13.2 Å². The maximum absolute atomic E-state index is 12.0. The van der Waals surface area contributed by atoms with Crippen molar-refractivity contribution in [2.45, 2.75) is 42.7 Å². The molecule has 1 heterocycles. The quantitative estimate of drug-likeness (QED) is 0.726. The summed E-state index contributed by atoms with van der Waals surface area (Å²) >= 11 is 0. The lowest BCUT2D eigenvalue weighted by atomic mass is 10.2. The van der Waals surface area contributed by atoms with Crippen LogP contribution in [0.2, 0.25) is 0 Å². The van der Waals surface area contributed by atoms with Crippen LogP contribution in [0.25, 0.3) is 0 Å². The van der Waals surface area contributed by atoms with Crippen LogP contribution in [0.15, 0.2) is 29.2 Å². The van der Waals surface area contributed by atoms with Crippen molar-refractivity contribution in [2.75, 3.05) is 11.9 Å². The van der Waals surface area contributed by atoms with Gasteiger partial charge in [-0.1, -0.05) is 0 Å². The Balaban J connectivity index is 1.57. The second-order valence-electron chi connectivity index (χ2n) is 5.60. The minimum absolute atomic E-state index is 0.0920. The van der Waals surface area contributed by atoms with E-state index in [2.05, 4.69) is 15.4 Å². The first kappa shape index (κ1) is 14.3. The third-order valence-corrected chi connectivity index (χ3v) is 5.24. The lowest BCUT2D eigenvalue weighted by molar-refractivity contribution is -0.119. The summed E-state index contributed by atoms with van der Waals surface area (Å²) in [6, 6.07) is 6.95. The van der Waals surface area contributed by atoms with Gasteiger partial charge in [0.1, 0.15) is 0 Å². The van der Waals surface area contributed by atoms with Crippen LogP contribution in [0.5, 0.6) is 0 Å². The van der Waals surface area contributed by atoms with Gasteiger partial charge in [-0.2, -0.15) is 0 Å². The average Bonchev–Trinajstić information content (AvgIpc) is 3.16. The normalized spacial score (nSPS) is 22.1. The van der Waals surface area contributed by atoms with Gasteiger partial charge in [0.25, 0.3) is 0 Å². The Morgan fingerprint density at radius 3 is 2.43 bits per heavy atom. The highest BCUT2D eigenvalue weighted by Crippen LogP contribution is 2.22. The first-order valence-corrected chi connectivity index (χ1v) is 8.67. The highest BCUT2D eigenvalue weighted by molar-refractivity contribution is 7.89. The SMILES string of the molecule is O=C1CCC(CNc2ccc(S(=O)(=O)NC3CC3)cc2)N1. The highest BCUT2D eigenvalue weighted by Gasteiger charge is 2.27. The largest absolute Gasteiger partial charge is 0.383 e. The van der Waals surface area contributed by atoms with E-state index in [0.717, 1.165) is 24.9 Å². The molecule has 3 N–H and O–H groups in total. The maximum Gasteiger partial charge on any atom is 0.240 e. The molecule has 1 aliphatic carbocycles. The van der Waals surface area contributed by atoms with Crippen molar-refractivity contribution in [2.24, 2.45) is 0 Å². The molecule has 1 amide bonds. The van der Waals surface area contributed by atoms with Gasteiger partial charge >= 0.3 is 0 Å². The third-order valence-electron chi connectivity index (χ3n) is 3.70. The van der Waals surface area contributed by atoms with Crippen molar-refractivity contribution >= 4 is 21.6 Å². The fraction of sp³-hybridized carbons (Fsp3) is 0.500. The van der Waals surface area contributed by atoms with E-state index < -0.39 is 10.0 Å². The summed E-state index contributed by atoms with van der Waals surface area (Å²) < 4.78 is 26.7. The molecule has 0 aromatic heterocycles. The summed E-state index contributed by atoms with van der Waals surface area (Å²) in [7, 11) is -3.39. The molecule has 3 rings (SSSR count). The lowest BCUT2D eigenvalue weighted by Crippen LogP contribution is -2.31. The number of hydrogen-bond acceptors (Lipinski definition) is 4. The monoisotopic (exact) mass is 309 g/mol. The van der Waals surface area contributed by atoms with Gasteiger partial charge in [-0.25, -0.2) is 13.1 Å². The molecule has 2 aliphatic rings. The van der Waals surface area contributed by atoms with E-state index in [-0.39, 0.29) is 22.9 Å². The van der Waals surface area contributed by atoms with Gasteiger partial charge in [0.05, 0.1) is 4.90 Å². The Hall–Kier alpha value is -1.60. The number of benzene rings is 1. The summed E-state index contributed by atoms with van der Waals surface area (Å²) in [5.41, 5.74) is 0.849. The average molecular weight is 309 g/mol. The second kappa shape index (κ2) is 5.65. The van der Waals surface area contributed by atoms with Crippen LogP contribution in [0, 0.1) is 0 Å². The van der Waals surface area contributed by atoms with Gasteiger partial charge in [-0.15, -0.1) is 0 Å². The van der Waals surface area contributed by atoms with Crippen molar-refractivity contribution in [3.63, 3.8) is 0 Å². The van der Waals surface area contributed by atoms with Crippen LogP contribution in [-0.4, -0.2) is 33.0 Å². The summed E-state index contributed by atoms with van der Waals surface area (Å²) in [6.07, 6.45) is 3.26. The van der Waals surface area contributed by atoms with E-state index in [1.165, 1.54) is 0 Å². The molecule has 7 heteroatoms. The molecule has 2 fully saturated rings. The van der Waals surface area contributed by atoms with Crippen molar-refractivity contribution < 1.29 is 13.2 Å². The summed E-state index contributed by atoms with van der Waals surface area (Å²) in [4.78, 5) is 11.4. The van der Waals surface area contributed by atoms with Crippen LogP contribution in [0.1, 0.15) is 25.7 Å². The third kappa shape index (κ3) is 3.74. The van der Waals surface area contributed by atoms with E-state index in [1.54, 1.807) is 24.3 Å². The second-order valence-corrected chi connectivity index (χ2v) is 7.32. The highest BCUT2D eigenvalue weighted by atomic mass is 32.2. The topological polar surface area (TPSA) is 87.3 Å². The zero-order valence-electron chi connectivity index (χ0n) is 11.6. The fourth-order valence-electron chi connectivity index (χ4n) is 2.31. The van der Waals surface area contributed by atoms with Crippen LogP contribution < -0.4 is 15.4 Å². The van der Waals surface area contributed by atoms with Crippen LogP contribution in [-0.2, 0) is 14.8 Å². The zero-order valence-corrected chi connectivity index (χ0v) is 12.4. The molecule has 114 valence electrons. The van der Waals surface area contributed by atoms with Crippen molar-refractivity contribution in [1.82, 2.24) is 10.0 Å². The Kier molecular flexibility index (Phi) is 3.86. The number of amides is 1. The molecule has 6 nitrogen and oxygen atoms in total. The summed E-state index contributed by atoms with van der Waals surface area (Å²) in [6.45, 7) is 0.651. The molecular weight excluding hydrogens is 290 g/mol. The van der Waals surface area contributed by atoms with Crippen LogP contribution in [0.4, 0.5) is 5.69 Å². The maximum atomic E-state index is 12.0. The van der Waals surface area contributed by atoms with Crippen molar-refractivity contribution in [3.05, 3.63) is 24.3 Å². The van der Waals surface area contributed by atoms with Crippen LogP contribution in [0.3, 0.4) is 0 Å². The van der Waals surface area contributed by atoms with Gasteiger partial charge in [0.15, 0.2) is 0 Å². The number of rotatable bonds is 6. The Labute approximate surface area is 124 Å². The summed E-state index contributed by atoms with van der Waals surface area (Å²) in [5.74, 6) is 0.0920. The molecule has 21 heavy (non-hydrogen) atoms. The lowest BCUT2D eigenvalue weighted by Gasteiger charge is -2.13. The smallest absolute Gasteiger partial charge is 0.240 e. The Bertz CT molecular complexity index is 623. The predicted octanol–water partition coefficient (Wildman–Crippen LogP) is 0.818. The van der Waals surface area contributed by atoms with Gasteiger partial charge in [0, 0.05) is 30.7 Å². The molecule has 1 aromatic rings. The van der Waals surface area contributed by atoms with Crippen molar-refractivity contribution in [3.8, 4) is 0 Å². The first-order valence-electron chi connectivity index (χ1n) is 7.18. The van der Waals surface area contributed by atoms with Crippen molar-refractivity contribution in [1.29, 1.82) is 0 Å². The van der Waals surface area contributed by atoms with Crippen LogP contribution >= 0.6 is 0 Å². The molecular formula is C14H19N3O3S. The van der Waals surface area contributed by atoms with E-state index in [4.69, 9.17) is 0 Å². The number of carbonyl (C=O) groups is 1. The van der Waals surface area contributed by atoms with Gasteiger partial charge in [-0.05, 0) is 43.5 Å². The van der Waals surface area contributed by atoms with Gasteiger partial charge in [-0.3, -0.25) is 4.79 Å². The zero-order chi connectivity index (χ0) is 14.9. The molecule has 1 aliphatic heterocycles. The number of anilines is 1. The number of hydrogen-bond donors (Lipinski definition) is 3. The number of carbonyl (C=O) groups excluding carboxylic acids is 1. The Morgan fingerprint density at radius 2 is 1.86 bits per heavy atom. The molecule has 0 spiro atoms. The molecule has 0 radical (unpaired) electrons. The van der Waals surface area contributed by atoms with Gasteiger partial charge in [0.2, 0.25) is 15.9 Å². The fourth-order valence-corrected chi connectivity index (χ4v) is 3.62. The standard InChI is InChI=1S/C14H19N3O3S/c18-14-8-5-12(16-14)9-15-10-3-6-13(7-4-10)21(19,20)17-11-1-2-11/h3-4,6-7,11-12,15,17H,1-2,5,8-9H2,(H,16,18). The molecule has 1 atom stereocenters.